The van der Waals surface area contributed by atoms with Crippen LogP contribution in [-0.2, 0) is 4.74 Å². The molecule has 0 bridgehead atoms. The maximum atomic E-state index is 9.25. The van der Waals surface area contributed by atoms with Gasteiger partial charge in [0, 0.05) is 0 Å². The van der Waals surface area contributed by atoms with E-state index in [1.807, 2.05) is 6.92 Å². The summed E-state index contributed by atoms with van der Waals surface area (Å²) in [6.45, 7) is 8.00. The van der Waals surface area contributed by atoms with Gasteiger partial charge in [-0.25, -0.2) is 0 Å². The number of unbranched alkanes of at least 4 members (excludes halogenated alkanes) is 3. The Hall–Kier alpha value is -0.0800. The van der Waals surface area contributed by atoms with E-state index in [0.29, 0.717) is 0 Å². The summed E-state index contributed by atoms with van der Waals surface area (Å²) in [6.07, 6.45) is 6.10. The summed E-state index contributed by atoms with van der Waals surface area (Å²) in [5.74, 6) is 0. The van der Waals surface area contributed by atoms with Gasteiger partial charge in [0.2, 0.25) is 0 Å². The third-order valence-electron chi connectivity index (χ3n) is 2.59. The molecule has 0 aromatic carbocycles. The molecule has 0 saturated carbocycles. The molecule has 0 radical (unpaired) electrons. The van der Waals surface area contributed by atoms with E-state index in [1.54, 1.807) is 6.92 Å². The molecule has 0 spiro atoms. The summed E-state index contributed by atoms with van der Waals surface area (Å²) < 4.78 is 5.64. The monoisotopic (exact) mass is 202 g/mol. The molecule has 3 atom stereocenters. The predicted molar refractivity (Wildman–Crippen MR) is 60.4 cm³/mol. The fourth-order valence-electron chi connectivity index (χ4n) is 1.41. The van der Waals surface area contributed by atoms with Gasteiger partial charge in [-0.2, -0.15) is 0 Å². The highest BCUT2D eigenvalue weighted by Crippen LogP contribution is 2.10. The Morgan fingerprint density at radius 1 is 1.07 bits per heavy atom. The van der Waals surface area contributed by atoms with Crippen molar-refractivity contribution in [1.82, 2.24) is 0 Å². The molecule has 1 N–H and O–H groups in total. The minimum Gasteiger partial charge on any atom is -0.391 e. The Labute approximate surface area is 88.7 Å². The first-order valence-electron chi connectivity index (χ1n) is 5.91. The third kappa shape index (κ3) is 7.34. The van der Waals surface area contributed by atoms with Gasteiger partial charge in [0.25, 0.3) is 0 Å². The zero-order chi connectivity index (χ0) is 11.0. The van der Waals surface area contributed by atoms with Crippen molar-refractivity contribution in [3.8, 4) is 0 Å². The Kier molecular flexibility index (Phi) is 8.20. The summed E-state index contributed by atoms with van der Waals surface area (Å²) in [5, 5.41) is 9.25. The zero-order valence-electron chi connectivity index (χ0n) is 10.1. The van der Waals surface area contributed by atoms with Crippen LogP contribution in [-0.4, -0.2) is 23.4 Å². The summed E-state index contributed by atoms with van der Waals surface area (Å²) in [6, 6.07) is 0. The lowest BCUT2D eigenvalue weighted by molar-refractivity contribution is -0.0573. The van der Waals surface area contributed by atoms with Crippen molar-refractivity contribution in [2.45, 2.75) is 78.1 Å². The molecule has 0 saturated heterocycles. The van der Waals surface area contributed by atoms with Crippen molar-refractivity contribution >= 4 is 0 Å². The summed E-state index contributed by atoms with van der Waals surface area (Å²) in [4.78, 5) is 0. The van der Waals surface area contributed by atoms with E-state index in [4.69, 9.17) is 4.74 Å². The van der Waals surface area contributed by atoms with Gasteiger partial charge in [0.15, 0.2) is 0 Å². The van der Waals surface area contributed by atoms with E-state index in [-0.39, 0.29) is 18.3 Å². The third-order valence-corrected chi connectivity index (χ3v) is 2.59. The Morgan fingerprint density at radius 3 is 2.21 bits per heavy atom. The van der Waals surface area contributed by atoms with Crippen molar-refractivity contribution in [3.05, 3.63) is 0 Å². The van der Waals surface area contributed by atoms with Gasteiger partial charge in [0.05, 0.1) is 18.3 Å². The van der Waals surface area contributed by atoms with Crippen LogP contribution in [0.15, 0.2) is 0 Å². The molecule has 0 aromatic heterocycles. The second-order valence-corrected chi connectivity index (χ2v) is 4.24. The molecule has 0 rings (SSSR count). The molecule has 86 valence electrons. The molecular formula is C12H26O2. The molecular weight excluding hydrogens is 176 g/mol. The molecule has 2 unspecified atom stereocenters. The maximum Gasteiger partial charge on any atom is 0.0806 e. The first kappa shape index (κ1) is 13.9. The van der Waals surface area contributed by atoms with Gasteiger partial charge in [-0.1, -0.05) is 32.6 Å². The molecule has 0 aliphatic carbocycles. The summed E-state index contributed by atoms with van der Waals surface area (Å²) >= 11 is 0. The maximum absolute atomic E-state index is 9.25. The number of aliphatic hydroxyl groups is 1. The van der Waals surface area contributed by atoms with Crippen LogP contribution in [0.5, 0.6) is 0 Å². The molecule has 0 aliphatic rings. The lowest BCUT2D eigenvalue weighted by Crippen LogP contribution is -2.27. The van der Waals surface area contributed by atoms with Crippen molar-refractivity contribution in [3.63, 3.8) is 0 Å². The molecule has 2 nitrogen and oxygen atoms in total. The van der Waals surface area contributed by atoms with Crippen LogP contribution in [0.2, 0.25) is 0 Å². The van der Waals surface area contributed by atoms with Crippen LogP contribution in [0, 0.1) is 0 Å². The molecule has 2 heteroatoms. The topological polar surface area (TPSA) is 29.5 Å². The number of rotatable bonds is 8. The molecule has 0 heterocycles. The summed E-state index contributed by atoms with van der Waals surface area (Å²) in [5.41, 5.74) is 0. The minimum absolute atomic E-state index is 0.0452. The molecule has 14 heavy (non-hydrogen) atoms. The van der Waals surface area contributed by atoms with E-state index in [2.05, 4.69) is 13.8 Å². The smallest absolute Gasteiger partial charge is 0.0806 e. The van der Waals surface area contributed by atoms with Gasteiger partial charge >= 0.3 is 0 Å². The van der Waals surface area contributed by atoms with Gasteiger partial charge < -0.3 is 9.84 Å². The Morgan fingerprint density at radius 2 is 1.71 bits per heavy atom. The largest absolute Gasteiger partial charge is 0.391 e. The lowest BCUT2D eigenvalue weighted by atomic mass is 10.1. The van der Waals surface area contributed by atoms with Crippen LogP contribution < -0.4 is 0 Å². The first-order chi connectivity index (χ1) is 6.57. The predicted octanol–water partition coefficient (Wildman–Crippen LogP) is 3.13. The van der Waals surface area contributed by atoms with E-state index >= 15 is 0 Å². The lowest BCUT2D eigenvalue weighted by Gasteiger charge is -2.21. The normalized spacial score (nSPS) is 17.8. The number of aliphatic hydroxyl groups excluding tert-OH is 1. The number of hydrogen-bond acceptors (Lipinski definition) is 2. The van der Waals surface area contributed by atoms with Crippen LogP contribution in [0.1, 0.15) is 59.8 Å². The highest BCUT2D eigenvalue weighted by atomic mass is 16.5. The average molecular weight is 202 g/mol. The van der Waals surface area contributed by atoms with E-state index < -0.39 is 0 Å². The van der Waals surface area contributed by atoms with Crippen molar-refractivity contribution < 1.29 is 9.84 Å². The number of ether oxygens (including phenoxy) is 1. The van der Waals surface area contributed by atoms with Gasteiger partial charge in [-0.05, 0) is 27.2 Å². The Bertz CT molecular complexity index is 123. The minimum atomic E-state index is -0.368. The fraction of sp³-hybridized carbons (Fsp3) is 1.00. The summed E-state index contributed by atoms with van der Waals surface area (Å²) in [7, 11) is 0. The molecule has 0 aliphatic heterocycles. The van der Waals surface area contributed by atoms with Gasteiger partial charge in [-0.15, -0.1) is 0 Å². The average Bonchev–Trinajstić information content (AvgIpc) is 2.12. The van der Waals surface area contributed by atoms with Crippen molar-refractivity contribution in [2.24, 2.45) is 0 Å². The second-order valence-electron chi connectivity index (χ2n) is 4.24. The standard InChI is InChI=1S/C12H26O2/c1-5-6-7-8-9-10(2)14-12(4)11(3)13/h10-13H,5-9H2,1-4H3/t10?,11-,12?/m0/s1. The van der Waals surface area contributed by atoms with E-state index in [1.165, 1.54) is 25.7 Å². The van der Waals surface area contributed by atoms with Crippen LogP contribution in [0.4, 0.5) is 0 Å². The highest BCUT2D eigenvalue weighted by molar-refractivity contribution is 4.60. The highest BCUT2D eigenvalue weighted by Gasteiger charge is 2.12. The quantitative estimate of drug-likeness (QED) is 0.613. The van der Waals surface area contributed by atoms with E-state index in [9.17, 15) is 5.11 Å². The van der Waals surface area contributed by atoms with Gasteiger partial charge in [-0.3, -0.25) is 0 Å². The molecule has 0 aromatic rings. The zero-order valence-corrected chi connectivity index (χ0v) is 10.1. The molecule has 0 fully saturated rings. The van der Waals surface area contributed by atoms with Crippen LogP contribution in [0.3, 0.4) is 0 Å². The van der Waals surface area contributed by atoms with Crippen LogP contribution in [0.25, 0.3) is 0 Å². The first-order valence-corrected chi connectivity index (χ1v) is 5.91. The molecule has 0 amide bonds. The SMILES string of the molecule is CCCCCCC(C)OC(C)[C@H](C)O. The van der Waals surface area contributed by atoms with Gasteiger partial charge in [0.1, 0.15) is 0 Å². The van der Waals surface area contributed by atoms with Crippen LogP contribution >= 0.6 is 0 Å². The van der Waals surface area contributed by atoms with E-state index in [0.717, 1.165) is 6.42 Å². The number of hydrogen-bond donors (Lipinski definition) is 1. The Balaban J connectivity index is 3.40. The second kappa shape index (κ2) is 8.25. The van der Waals surface area contributed by atoms with Crippen molar-refractivity contribution in [2.75, 3.05) is 0 Å². The van der Waals surface area contributed by atoms with Crippen molar-refractivity contribution in [1.29, 1.82) is 0 Å². The fourth-order valence-corrected chi connectivity index (χ4v) is 1.41.